The number of aromatic nitrogens is 1. The van der Waals surface area contributed by atoms with Gasteiger partial charge in [-0.15, -0.1) is 12.4 Å². The first-order valence-electron chi connectivity index (χ1n) is 13.1. The van der Waals surface area contributed by atoms with Crippen LogP contribution in [0.25, 0.3) is 16.5 Å². The van der Waals surface area contributed by atoms with Gasteiger partial charge in [0.25, 0.3) is 11.5 Å². The maximum absolute atomic E-state index is 13.0. The molecule has 3 aromatic rings. The Balaban J connectivity index is 0.00000336. The van der Waals surface area contributed by atoms with Gasteiger partial charge in [-0.25, -0.2) is 0 Å². The number of ether oxygens (including phenoxy) is 1. The number of rotatable bonds is 8. The third kappa shape index (κ3) is 6.45. The quantitative estimate of drug-likeness (QED) is 0.375. The molecule has 2 aliphatic heterocycles. The van der Waals surface area contributed by atoms with Crippen molar-refractivity contribution in [3.05, 3.63) is 81.7 Å². The number of amides is 1. The summed E-state index contributed by atoms with van der Waals surface area (Å²) >= 11 is 1.79. The Labute approximate surface area is 234 Å². The number of thioether (sulfide) groups is 1. The smallest absolute Gasteiger partial charge is 0.263 e. The highest BCUT2D eigenvalue weighted by atomic mass is 35.5. The van der Waals surface area contributed by atoms with Crippen molar-refractivity contribution < 1.29 is 9.53 Å². The molecule has 6 nitrogen and oxygen atoms in total. The van der Waals surface area contributed by atoms with E-state index in [2.05, 4.69) is 51.6 Å². The van der Waals surface area contributed by atoms with Crippen LogP contribution in [-0.4, -0.2) is 53.3 Å². The van der Waals surface area contributed by atoms with E-state index in [0.29, 0.717) is 12.3 Å². The molecule has 2 N–H and O–H groups in total. The summed E-state index contributed by atoms with van der Waals surface area (Å²) in [6, 6.07) is 16.2. The molecular weight excluding hydrogens is 518 g/mol. The minimum absolute atomic E-state index is 0. The van der Waals surface area contributed by atoms with Crippen LogP contribution in [0, 0.1) is 0 Å². The molecule has 38 heavy (non-hydrogen) atoms. The Bertz CT molecular complexity index is 1370. The second-order valence-electron chi connectivity index (χ2n) is 10.3. The van der Waals surface area contributed by atoms with Crippen LogP contribution < -0.4 is 15.6 Å². The molecule has 0 unspecified atom stereocenters. The predicted molar refractivity (Wildman–Crippen MR) is 159 cm³/mol. The van der Waals surface area contributed by atoms with Crippen LogP contribution in [0.2, 0.25) is 0 Å². The Morgan fingerprint density at radius 2 is 1.95 bits per heavy atom. The third-order valence-corrected chi connectivity index (χ3v) is 8.23. The maximum atomic E-state index is 13.0. The van der Waals surface area contributed by atoms with E-state index in [1.807, 2.05) is 18.2 Å². The zero-order valence-electron chi connectivity index (χ0n) is 22.0. The van der Waals surface area contributed by atoms with E-state index < -0.39 is 5.60 Å². The Hall–Kier alpha value is -2.74. The van der Waals surface area contributed by atoms with E-state index in [1.165, 1.54) is 11.1 Å². The van der Waals surface area contributed by atoms with Crippen LogP contribution >= 0.6 is 24.2 Å². The number of aromatic amines is 1. The monoisotopic (exact) mass is 553 g/mol. The topological polar surface area (TPSA) is 74.4 Å². The van der Waals surface area contributed by atoms with Gasteiger partial charge in [-0.2, -0.15) is 11.8 Å². The average Bonchev–Trinajstić information content (AvgIpc) is 2.92. The summed E-state index contributed by atoms with van der Waals surface area (Å²) in [5, 5.41) is 4.06. The summed E-state index contributed by atoms with van der Waals surface area (Å²) < 4.78 is 6.17. The molecule has 2 aliphatic rings. The summed E-state index contributed by atoms with van der Waals surface area (Å²) in [5.41, 5.74) is 4.50. The van der Waals surface area contributed by atoms with E-state index in [9.17, 15) is 9.59 Å². The van der Waals surface area contributed by atoms with Crippen molar-refractivity contribution in [1.29, 1.82) is 0 Å². The maximum Gasteiger partial charge on any atom is 0.263 e. The fourth-order valence-corrected chi connectivity index (χ4v) is 6.12. The zero-order valence-corrected chi connectivity index (χ0v) is 23.7. The molecule has 3 heterocycles. The number of fused-ring (bicyclic) bond motifs is 3. The number of benzene rings is 2. The summed E-state index contributed by atoms with van der Waals surface area (Å²) in [6.45, 7) is 7.15. The van der Waals surface area contributed by atoms with Crippen molar-refractivity contribution >= 4 is 46.6 Å². The highest BCUT2D eigenvalue weighted by molar-refractivity contribution is 7.98. The fourth-order valence-electron chi connectivity index (χ4n) is 5.12. The van der Waals surface area contributed by atoms with Crippen LogP contribution in [0.4, 0.5) is 0 Å². The molecule has 0 aliphatic carbocycles. The molecule has 0 atom stereocenters. The molecule has 2 aromatic carbocycles. The Morgan fingerprint density at radius 3 is 2.71 bits per heavy atom. The van der Waals surface area contributed by atoms with Crippen molar-refractivity contribution in [2.24, 2.45) is 0 Å². The lowest BCUT2D eigenvalue weighted by molar-refractivity contribution is -0.134. The normalized spacial score (nSPS) is 15.8. The molecule has 0 spiro atoms. The van der Waals surface area contributed by atoms with Gasteiger partial charge in [0.2, 0.25) is 0 Å². The Kier molecular flexibility index (Phi) is 9.23. The lowest BCUT2D eigenvalue weighted by Gasteiger charge is -2.28. The van der Waals surface area contributed by atoms with Crippen LogP contribution in [0.5, 0.6) is 5.75 Å². The summed E-state index contributed by atoms with van der Waals surface area (Å²) in [6.07, 6.45) is 5.14. The number of hydrogen-bond donors (Lipinski definition) is 2. The SMILES string of the molecule is CC(C)(Oc1ccc2[nH]c(=O)c3c(c2c1)CCSC3)C(=O)NCCCN1CC=C(c2ccccc2)CC1.Cl. The first-order chi connectivity index (χ1) is 17.9. The largest absolute Gasteiger partial charge is 0.478 e. The molecule has 0 saturated heterocycles. The van der Waals surface area contributed by atoms with Crippen molar-refractivity contribution in [2.75, 3.05) is 31.9 Å². The van der Waals surface area contributed by atoms with Gasteiger partial charge in [-0.05, 0) is 73.8 Å². The number of H-pyrrole nitrogens is 1. The van der Waals surface area contributed by atoms with E-state index in [1.54, 1.807) is 25.6 Å². The number of aryl methyl sites for hydroxylation is 1. The molecule has 202 valence electrons. The molecular formula is C30H36ClN3O3S. The number of hydrogen-bond acceptors (Lipinski definition) is 5. The minimum atomic E-state index is -1.01. The van der Waals surface area contributed by atoms with Gasteiger partial charge in [-0.3, -0.25) is 14.5 Å². The van der Waals surface area contributed by atoms with Gasteiger partial charge in [0.05, 0.1) is 0 Å². The molecule has 0 radical (unpaired) electrons. The number of pyridine rings is 1. The van der Waals surface area contributed by atoms with Gasteiger partial charge >= 0.3 is 0 Å². The number of halogens is 1. The van der Waals surface area contributed by atoms with Crippen molar-refractivity contribution in [3.8, 4) is 5.75 Å². The summed E-state index contributed by atoms with van der Waals surface area (Å²) in [4.78, 5) is 30.8. The minimum Gasteiger partial charge on any atom is -0.478 e. The number of nitrogens with one attached hydrogen (secondary N) is 2. The van der Waals surface area contributed by atoms with Crippen LogP contribution in [0.1, 0.15) is 43.4 Å². The molecule has 1 amide bonds. The van der Waals surface area contributed by atoms with E-state index in [-0.39, 0.29) is 23.9 Å². The first kappa shape index (κ1) is 28.3. The summed E-state index contributed by atoms with van der Waals surface area (Å²) in [5.74, 6) is 2.25. The second-order valence-corrected chi connectivity index (χ2v) is 11.4. The molecule has 0 fully saturated rings. The highest BCUT2D eigenvalue weighted by Gasteiger charge is 2.30. The van der Waals surface area contributed by atoms with Crippen molar-refractivity contribution in [2.45, 2.75) is 44.5 Å². The first-order valence-corrected chi connectivity index (χ1v) is 14.3. The number of carbonyl (C=O) groups is 1. The highest BCUT2D eigenvalue weighted by Crippen LogP contribution is 2.31. The average molecular weight is 554 g/mol. The number of carbonyl (C=O) groups excluding carboxylic acids is 1. The van der Waals surface area contributed by atoms with Crippen LogP contribution in [0.3, 0.4) is 0 Å². The van der Waals surface area contributed by atoms with Gasteiger partial charge in [0.15, 0.2) is 5.60 Å². The predicted octanol–water partition coefficient (Wildman–Crippen LogP) is 5.19. The zero-order chi connectivity index (χ0) is 25.8. The van der Waals surface area contributed by atoms with Crippen molar-refractivity contribution in [3.63, 3.8) is 0 Å². The third-order valence-electron chi connectivity index (χ3n) is 7.24. The van der Waals surface area contributed by atoms with Gasteiger partial charge in [-0.1, -0.05) is 36.4 Å². The van der Waals surface area contributed by atoms with Crippen LogP contribution in [-0.2, 0) is 17.0 Å². The standard InChI is InChI=1S/C30H35N3O3S.ClH/c1-30(2,36-23-9-10-27-25(19-23)24-13-18-37-20-26(24)28(34)32-27)29(35)31-14-6-15-33-16-11-22(12-17-33)21-7-4-3-5-8-21;/h3-5,7-11,19H,6,12-18,20H2,1-2H3,(H,31,35)(H,32,34);1H. The number of nitrogens with zero attached hydrogens (tertiary/aromatic N) is 1. The lowest BCUT2D eigenvalue weighted by Crippen LogP contribution is -2.47. The van der Waals surface area contributed by atoms with Crippen LogP contribution in [0.15, 0.2) is 59.4 Å². The molecule has 1 aromatic heterocycles. The Morgan fingerprint density at radius 1 is 1.13 bits per heavy atom. The second kappa shape index (κ2) is 12.4. The van der Waals surface area contributed by atoms with E-state index in [4.69, 9.17) is 4.74 Å². The van der Waals surface area contributed by atoms with Gasteiger partial charge in [0.1, 0.15) is 5.75 Å². The lowest BCUT2D eigenvalue weighted by atomic mass is 9.99. The summed E-state index contributed by atoms with van der Waals surface area (Å²) in [7, 11) is 0. The van der Waals surface area contributed by atoms with Gasteiger partial charge < -0.3 is 15.0 Å². The van der Waals surface area contributed by atoms with E-state index in [0.717, 1.165) is 72.4 Å². The fraction of sp³-hybridized carbons (Fsp3) is 0.400. The van der Waals surface area contributed by atoms with Gasteiger partial charge in [0, 0.05) is 48.4 Å². The van der Waals surface area contributed by atoms with E-state index >= 15 is 0 Å². The van der Waals surface area contributed by atoms with Crippen molar-refractivity contribution in [1.82, 2.24) is 15.2 Å². The molecule has 0 saturated carbocycles. The molecule has 0 bridgehead atoms. The molecule has 8 heteroatoms. The molecule has 5 rings (SSSR count).